The Balaban J connectivity index is 2.70. The fraction of sp³-hybridized carbons (Fsp3) is 0.333. The molecule has 0 fully saturated rings. The number of aromatic nitrogens is 2. The van der Waals surface area contributed by atoms with Gasteiger partial charge in [0.25, 0.3) is 5.56 Å². The fourth-order valence-corrected chi connectivity index (χ4v) is 2.40. The van der Waals surface area contributed by atoms with Gasteiger partial charge < -0.3 is 10.6 Å². The van der Waals surface area contributed by atoms with Gasteiger partial charge in [-0.15, -0.1) is 0 Å². The molecule has 6 heteroatoms. The minimum Gasteiger partial charge on any atom is -0.393 e. The molecule has 0 saturated heterocycles. The van der Waals surface area contributed by atoms with Gasteiger partial charge >= 0.3 is 0 Å². The van der Waals surface area contributed by atoms with E-state index in [1.165, 1.54) is 0 Å². The summed E-state index contributed by atoms with van der Waals surface area (Å²) in [7, 11) is 3.89. The van der Waals surface area contributed by atoms with Crippen LogP contribution in [0.1, 0.15) is 12.6 Å². The first-order chi connectivity index (χ1) is 9.86. The molecule has 0 unspecified atom stereocenters. The quantitative estimate of drug-likeness (QED) is 0.946. The van der Waals surface area contributed by atoms with Crippen molar-refractivity contribution >= 4 is 23.0 Å². The zero-order valence-corrected chi connectivity index (χ0v) is 13.4. The van der Waals surface area contributed by atoms with E-state index in [-0.39, 0.29) is 11.2 Å². The van der Waals surface area contributed by atoms with Crippen LogP contribution < -0.4 is 16.2 Å². The highest BCUT2D eigenvalue weighted by Gasteiger charge is 2.15. The van der Waals surface area contributed by atoms with Crippen molar-refractivity contribution in [1.82, 2.24) is 9.55 Å². The van der Waals surface area contributed by atoms with Crippen molar-refractivity contribution in [2.75, 3.05) is 24.7 Å². The summed E-state index contributed by atoms with van der Waals surface area (Å²) in [6.45, 7) is 4.09. The second kappa shape index (κ2) is 5.77. The molecule has 0 bridgehead atoms. The predicted molar refractivity (Wildman–Crippen MR) is 88.1 cm³/mol. The van der Waals surface area contributed by atoms with Crippen molar-refractivity contribution in [2.24, 2.45) is 0 Å². The molecule has 0 saturated carbocycles. The number of hydrogen-bond donors (Lipinski definition) is 1. The van der Waals surface area contributed by atoms with Gasteiger partial charge in [0.1, 0.15) is 11.5 Å². The summed E-state index contributed by atoms with van der Waals surface area (Å²) in [4.78, 5) is 18.7. The van der Waals surface area contributed by atoms with Gasteiger partial charge in [0.05, 0.1) is 10.7 Å². The first-order valence-electron chi connectivity index (χ1n) is 6.71. The lowest BCUT2D eigenvalue weighted by molar-refractivity contribution is 0.716. The third-order valence-electron chi connectivity index (χ3n) is 3.42. The van der Waals surface area contributed by atoms with Gasteiger partial charge in [-0.2, -0.15) is 0 Å². The maximum Gasteiger partial charge on any atom is 0.277 e. The average molecular weight is 307 g/mol. The number of nitrogen functional groups attached to an aromatic ring is 1. The van der Waals surface area contributed by atoms with Crippen molar-refractivity contribution < 1.29 is 0 Å². The highest BCUT2D eigenvalue weighted by molar-refractivity contribution is 6.33. The van der Waals surface area contributed by atoms with Crippen LogP contribution in [0, 0.1) is 6.92 Å². The number of halogens is 1. The van der Waals surface area contributed by atoms with Crippen LogP contribution in [0.15, 0.2) is 23.0 Å². The van der Waals surface area contributed by atoms with Crippen molar-refractivity contribution in [1.29, 1.82) is 0 Å². The van der Waals surface area contributed by atoms with Gasteiger partial charge in [-0.05, 0) is 32.0 Å². The highest BCUT2D eigenvalue weighted by Crippen LogP contribution is 2.30. The molecule has 112 valence electrons. The minimum atomic E-state index is -0.229. The summed E-state index contributed by atoms with van der Waals surface area (Å²) in [6.07, 6.45) is 0. The summed E-state index contributed by atoms with van der Waals surface area (Å²) < 4.78 is 1.54. The van der Waals surface area contributed by atoms with Crippen LogP contribution in [0.3, 0.4) is 0 Å². The van der Waals surface area contributed by atoms with Gasteiger partial charge in [-0.1, -0.05) is 11.6 Å². The maximum absolute atomic E-state index is 12.2. The molecule has 0 amide bonds. The zero-order valence-electron chi connectivity index (χ0n) is 12.6. The largest absolute Gasteiger partial charge is 0.393 e. The Kier molecular flexibility index (Phi) is 4.23. The normalized spacial score (nSPS) is 10.7. The predicted octanol–water partition coefficient (Wildman–Crippen LogP) is 2.54. The van der Waals surface area contributed by atoms with Crippen LogP contribution in [0.4, 0.5) is 11.4 Å². The van der Waals surface area contributed by atoms with E-state index in [2.05, 4.69) is 4.98 Å². The third kappa shape index (κ3) is 2.74. The molecule has 0 atom stereocenters. The number of nitrogens with two attached hydrogens (primary N) is 1. The molecule has 0 radical (unpaired) electrons. The summed E-state index contributed by atoms with van der Waals surface area (Å²) in [6, 6.07) is 5.68. The monoisotopic (exact) mass is 306 g/mol. The molecule has 0 aliphatic carbocycles. The Hall–Kier alpha value is -2.01. The highest BCUT2D eigenvalue weighted by atomic mass is 35.5. The van der Waals surface area contributed by atoms with Crippen molar-refractivity contribution in [2.45, 2.75) is 20.4 Å². The summed E-state index contributed by atoms with van der Waals surface area (Å²) >= 11 is 6.37. The molecule has 0 aliphatic heterocycles. The Labute approximate surface area is 129 Å². The lowest BCUT2D eigenvalue weighted by Gasteiger charge is -2.16. The van der Waals surface area contributed by atoms with Gasteiger partial charge in [-0.3, -0.25) is 9.36 Å². The summed E-state index contributed by atoms with van der Waals surface area (Å²) in [5.74, 6) is 0.546. The first kappa shape index (κ1) is 15.4. The van der Waals surface area contributed by atoms with Gasteiger partial charge in [0.2, 0.25) is 0 Å². The van der Waals surface area contributed by atoms with Gasteiger partial charge in [0.15, 0.2) is 0 Å². The number of anilines is 2. The molecule has 0 aliphatic rings. The number of hydrogen-bond acceptors (Lipinski definition) is 4. The summed E-state index contributed by atoms with van der Waals surface area (Å²) in [5, 5.41) is 0.555. The van der Waals surface area contributed by atoms with E-state index in [0.29, 0.717) is 23.1 Å². The summed E-state index contributed by atoms with van der Waals surface area (Å²) in [5.41, 5.74) is 7.96. The number of aryl methyl sites for hydroxylation is 1. The Morgan fingerprint density at radius 1 is 1.38 bits per heavy atom. The molecular formula is C15H19ClN4O. The smallest absolute Gasteiger partial charge is 0.277 e. The fourth-order valence-electron chi connectivity index (χ4n) is 2.14. The van der Waals surface area contributed by atoms with Crippen LogP contribution in [0.5, 0.6) is 0 Å². The molecular weight excluding hydrogens is 288 g/mol. The lowest BCUT2D eigenvalue weighted by atomic mass is 10.1. The van der Waals surface area contributed by atoms with Gasteiger partial charge in [0, 0.05) is 31.9 Å². The Morgan fingerprint density at radius 2 is 2.05 bits per heavy atom. The van der Waals surface area contributed by atoms with E-state index < -0.39 is 0 Å². The van der Waals surface area contributed by atoms with E-state index in [1.807, 2.05) is 44.1 Å². The van der Waals surface area contributed by atoms with Crippen LogP contribution in [0.2, 0.25) is 5.02 Å². The molecule has 2 aromatic rings. The van der Waals surface area contributed by atoms with Crippen LogP contribution in [-0.4, -0.2) is 23.6 Å². The topological polar surface area (TPSA) is 64.2 Å². The van der Waals surface area contributed by atoms with Crippen LogP contribution >= 0.6 is 11.6 Å². The lowest BCUT2D eigenvalue weighted by Crippen LogP contribution is -2.26. The van der Waals surface area contributed by atoms with E-state index in [9.17, 15) is 4.79 Å². The molecule has 5 nitrogen and oxygen atoms in total. The first-order valence-corrected chi connectivity index (χ1v) is 7.08. The molecule has 1 heterocycles. The van der Waals surface area contributed by atoms with Crippen molar-refractivity contribution in [3.05, 3.63) is 39.3 Å². The number of nitrogens with zero attached hydrogens (tertiary/aromatic N) is 3. The molecule has 1 aromatic carbocycles. The molecule has 2 N–H and O–H groups in total. The van der Waals surface area contributed by atoms with E-state index in [1.54, 1.807) is 11.5 Å². The van der Waals surface area contributed by atoms with Crippen molar-refractivity contribution in [3.8, 4) is 11.4 Å². The second-order valence-electron chi connectivity index (χ2n) is 5.04. The van der Waals surface area contributed by atoms with E-state index in [0.717, 1.165) is 11.3 Å². The van der Waals surface area contributed by atoms with Crippen LogP contribution in [-0.2, 0) is 6.54 Å². The van der Waals surface area contributed by atoms with E-state index in [4.69, 9.17) is 17.3 Å². The standard InChI is InChI=1S/C15H19ClN4O/c1-5-20-14(18-9(2)13(17)15(20)21)11-7-6-10(19(3)4)8-12(11)16/h6-8H,5,17H2,1-4H3. The SMILES string of the molecule is CCn1c(-c2ccc(N(C)C)cc2Cl)nc(C)c(N)c1=O. The molecule has 21 heavy (non-hydrogen) atoms. The number of benzene rings is 1. The Morgan fingerprint density at radius 3 is 2.57 bits per heavy atom. The van der Waals surface area contributed by atoms with E-state index >= 15 is 0 Å². The molecule has 0 spiro atoms. The zero-order chi connectivity index (χ0) is 15.7. The minimum absolute atomic E-state index is 0.182. The van der Waals surface area contributed by atoms with Crippen LogP contribution in [0.25, 0.3) is 11.4 Å². The molecule has 2 rings (SSSR count). The van der Waals surface area contributed by atoms with Gasteiger partial charge in [-0.25, -0.2) is 4.98 Å². The average Bonchev–Trinajstić information content (AvgIpc) is 2.44. The number of rotatable bonds is 3. The third-order valence-corrected chi connectivity index (χ3v) is 3.73. The Bertz CT molecular complexity index is 737. The second-order valence-corrected chi connectivity index (χ2v) is 5.45. The molecule has 1 aromatic heterocycles. The van der Waals surface area contributed by atoms with Crippen molar-refractivity contribution in [3.63, 3.8) is 0 Å². The maximum atomic E-state index is 12.2.